The first kappa shape index (κ1) is 15.5. The van der Waals surface area contributed by atoms with Gasteiger partial charge in [0.05, 0.1) is 5.56 Å². The maximum Gasteiger partial charge on any atom is 0.253 e. The molecule has 0 saturated heterocycles. The van der Waals surface area contributed by atoms with Crippen molar-refractivity contribution in [2.24, 2.45) is 7.05 Å². The maximum atomic E-state index is 12.4. The summed E-state index contributed by atoms with van der Waals surface area (Å²) in [5, 5.41) is 8.54. The van der Waals surface area contributed by atoms with Crippen LogP contribution in [0.25, 0.3) is 10.9 Å². The Morgan fingerprint density at radius 2 is 1.95 bits per heavy atom. The molecule has 1 aromatic carbocycles. The van der Waals surface area contributed by atoms with Crippen LogP contribution in [0.15, 0.2) is 24.4 Å². The fourth-order valence-electron chi connectivity index (χ4n) is 2.86. The number of aryl methyl sites for hydroxylation is 1. The van der Waals surface area contributed by atoms with E-state index in [2.05, 4.69) is 10.4 Å². The van der Waals surface area contributed by atoms with Crippen molar-refractivity contribution in [2.45, 2.75) is 52.0 Å². The molecular formula is C17H25N3O. The summed E-state index contributed by atoms with van der Waals surface area (Å²) in [7, 11) is 1.88. The second kappa shape index (κ2) is 7.25. The van der Waals surface area contributed by atoms with Crippen molar-refractivity contribution in [3.63, 3.8) is 0 Å². The van der Waals surface area contributed by atoms with Crippen LogP contribution in [0, 0.1) is 0 Å². The molecule has 0 radical (unpaired) electrons. The van der Waals surface area contributed by atoms with Crippen LogP contribution in [0.3, 0.4) is 0 Å². The molecule has 114 valence electrons. The van der Waals surface area contributed by atoms with E-state index >= 15 is 0 Å². The number of carbonyl (C=O) groups excluding carboxylic acids is 1. The third kappa shape index (κ3) is 3.63. The molecule has 1 aliphatic rings. The minimum atomic E-state index is 0.0104. The molecule has 1 N–H and O–H groups in total. The average molecular weight is 287 g/mol. The van der Waals surface area contributed by atoms with Crippen LogP contribution in [0.4, 0.5) is 0 Å². The number of rotatable bonds is 2. The number of nitrogens with zero attached hydrogens (tertiary/aromatic N) is 2. The fourth-order valence-corrected chi connectivity index (χ4v) is 2.86. The first-order valence-electron chi connectivity index (χ1n) is 7.97. The van der Waals surface area contributed by atoms with Crippen molar-refractivity contribution >= 4 is 16.8 Å². The van der Waals surface area contributed by atoms with Crippen LogP contribution in [-0.4, -0.2) is 21.7 Å². The number of benzene rings is 1. The van der Waals surface area contributed by atoms with Gasteiger partial charge in [-0.2, -0.15) is 5.10 Å². The van der Waals surface area contributed by atoms with Gasteiger partial charge in [0.25, 0.3) is 5.91 Å². The van der Waals surface area contributed by atoms with E-state index in [1.807, 2.05) is 45.3 Å². The van der Waals surface area contributed by atoms with E-state index in [1.54, 1.807) is 4.68 Å². The molecule has 0 bridgehead atoms. The zero-order chi connectivity index (χ0) is 15.2. The number of fused-ring (bicyclic) bond motifs is 1. The van der Waals surface area contributed by atoms with E-state index in [9.17, 15) is 4.79 Å². The Labute approximate surface area is 126 Å². The Kier molecular flexibility index (Phi) is 5.37. The van der Waals surface area contributed by atoms with Crippen molar-refractivity contribution < 1.29 is 4.79 Å². The maximum absolute atomic E-state index is 12.4. The molecule has 2 aromatic rings. The van der Waals surface area contributed by atoms with Crippen LogP contribution in [0.1, 0.15) is 56.3 Å². The highest BCUT2D eigenvalue weighted by Crippen LogP contribution is 2.20. The molecule has 0 aliphatic heterocycles. The lowest BCUT2D eigenvalue weighted by Crippen LogP contribution is -2.36. The first-order valence-corrected chi connectivity index (χ1v) is 7.97. The molecule has 1 heterocycles. The van der Waals surface area contributed by atoms with Crippen LogP contribution >= 0.6 is 0 Å². The van der Waals surface area contributed by atoms with Crippen molar-refractivity contribution in [2.75, 3.05) is 0 Å². The molecule has 21 heavy (non-hydrogen) atoms. The van der Waals surface area contributed by atoms with Crippen molar-refractivity contribution in [1.82, 2.24) is 15.1 Å². The summed E-state index contributed by atoms with van der Waals surface area (Å²) in [4.78, 5) is 12.4. The van der Waals surface area contributed by atoms with E-state index in [1.165, 1.54) is 19.3 Å². The lowest BCUT2D eigenvalue weighted by Gasteiger charge is -2.22. The first-order chi connectivity index (χ1) is 10.2. The zero-order valence-corrected chi connectivity index (χ0v) is 13.2. The highest BCUT2D eigenvalue weighted by molar-refractivity contribution is 6.05. The van der Waals surface area contributed by atoms with Crippen LogP contribution in [0.2, 0.25) is 0 Å². The summed E-state index contributed by atoms with van der Waals surface area (Å²) in [5.74, 6) is 0.0104. The van der Waals surface area contributed by atoms with E-state index in [0.29, 0.717) is 11.6 Å². The number of nitrogens with one attached hydrogen (secondary N) is 1. The van der Waals surface area contributed by atoms with Gasteiger partial charge in [-0.15, -0.1) is 0 Å². The van der Waals surface area contributed by atoms with Gasteiger partial charge in [0.2, 0.25) is 0 Å². The standard InChI is InChI=1S/C15H19N3O.C2H6/c1-18-10-11-6-5-9-13(14(11)17-18)15(19)16-12-7-3-2-4-8-12;1-2/h5-6,9-10,12H,2-4,7-8H2,1H3,(H,16,19);1-2H3. The molecule has 1 amide bonds. The van der Waals surface area contributed by atoms with Gasteiger partial charge in [-0.1, -0.05) is 45.2 Å². The van der Waals surface area contributed by atoms with E-state index in [-0.39, 0.29) is 5.91 Å². The Bertz CT molecular complexity index is 597. The van der Waals surface area contributed by atoms with E-state index in [4.69, 9.17) is 0 Å². The largest absolute Gasteiger partial charge is 0.349 e. The smallest absolute Gasteiger partial charge is 0.253 e. The number of hydrogen-bond donors (Lipinski definition) is 1. The summed E-state index contributed by atoms with van der Waals surface area (Å²) in [5.41, 5.74) is 1.47. The third-order valence-electron chi connectivity index (χ3n) is 3.84. The summed E-state index contributed by atoms with van der Waals surface area (Å²) in [6.45, 7) is 4.00. The number of hydrogen-bond acceptors (Lipinski definition) is 2. The van der Waals surface area contributed by atoms with Gasteiger partial charge >= 0.3 is 0 Å². The molecule has 3 rings (SSSR count). The van der Waals surface area contributed by atoms with Crippen molar-refractivity contribution in [3.05, 3.63) is 30.0 Å². The molecule has 4 heteroatoms. The van der Waals surface area contributed by atoms with Gasteiger partial charge < -0.3 is 5.32 Å². The highest BCUT2D eigenvalue weighted by atomic mass is 16.1. The minimum Gasteiger partial charge on any atom is -0.349 e. The summed E-state index contributed by atoms with van der Waals surface area (Å²) in [6.07, 6.45) is 7.88. The molecule has 1 aliphatic carbocycles. The Balaban J connectivity index is 0.000000774. The van der Waals surface area contributed by atoms with Gasteiger partial charge in [0, 0.05) is 24.7 Å². The Hall–Kier alpha value is -1.84. The lowest BCUT2D eigenvalue weighted by molar-refractivity contribution is 0.0929. The second-order valence-corrected chi connectivity index (χ2v) is 5.35. The van der Waals surface area contributed by atoms with Crippen LogP contribution < -0.4 is 5.32 Å². The Morgan fingerprint density at radius 3 is 2.67 bits per heavy atom. The van der Waals surface area contributed by atoms with E-state index < -0.39 is 0 Å². The number of aromatic nitrogens is 2. The predicted molar refractivity (Wildman–Crippen MR) is 86.4 cm³/mol. The zero-order valence-electron chi connectivity index (χ0n) is 13.2. The molecule has 1 saturated carbocycles. The molecule has 0 atom stereocenters. The van der Waals surface area contributed by atoms with Crippen molar-refractivity contribution in [1.29, 1.82) is 0 Å². The number of carbonyl (C=O) groups is 1. The molecular weight excluding hydrogens is 262 g/mol. The molecule has 0 unspecified atom stereocenters. The minimum absolute atomic E-state index is 0.0104. The summed E-state index contributed by atoms with van der Waals surface area (Å²) < 4.78 is 1.75. The average Bonchev–Trinajstić information content (AvgIpc) is 2.90. The van der Waals surface area contributed by atoms with Gasteiger partial charge in [-0.3, -0.25) is 9.48 Å². The predicted octanol–water partition coefficient (Wildman–Crippen LogP) is 3.66. The topological polar surface area (TPSA) is 46.9 Å². The van der Waals surface area contributed by atoms with Crippen molar-refractivity contribution in [3.8, 4) is 0 Å². The highest BCUT2D eigenvalue weighted by Gasteiger charge is 2.18. The molecule has 4 nitrogen and oxygen atoms in total. The quantitative estimate of drug-likeness (QED) is 0.916. The summed E-state index contributed by atoms with van der Waals surface area (Å²) >= 11 is 0. The molecule has 1 fully saturated rings. The van der Waals surface area contributed by atoms with Gasteiger partial charge in [0.1, 0.15) is 5.52 Å². The second-order valence-electron chi connectivity index (χ2n) is 5.35. The monoisotopic (exact) mass is 287 g/mol. The lowest BCUT2D eigenvalue weighted by atomic mass is 9.95. The van der Waals surface area contributed by atoms with Crippen LogP contribution in [-0.2, 0) is 7.05 Å². The normalized spacial score (nSPS) is 15.4. The summed E-state index contributed by atoms with van der Waals surface area (Å²) in [6, 6.07) is 6.09. The van der Waals surface area contributed by atoms with Gasteiger partial charge in [-0.25, -0.2) is 0 Å². The molecule has 1 aromatic heterocycles. The SMILES string of the molecule is CC.Cn1cc2cccc(C(=O)NC3CCCCC3)c2n1. The third-order valence-corrected chi connectivity index (χ3v) is 3.84. The van der Waals surface area contributed by atoms with Gasteiger partial charge in [0.15, 0.2) is 0 Å². The fraction of sp³-hybridized carbons (Fsp3) is 0.529. The molecule has 0 spiro atoms. The van der Waals surface area contributed by atoms with E-state index in [0.717, 1.165) is 23.7 Å². The number of amides is 1. The van der Waals surface area contributed by atoms with Gasteiger partial charge in [-0.05, 0) is 18.9 Å². The van der Waals surface area contributed by atoms with Crippen LogP contribution in [0.5, 0.6) is 0 Å². The Morgan fingerprint density at radius 1 is 1.24 bits per heavy atom.